The Labute approximate surface area is 156 Å². The second-order valence-corrected chi connectivity index (χ2v) is 7.48. The van der Waals surface area contributed by atoms with Crippen molar-refractivity contribution in [2.45, 2.75) is 13.0 Å². The van der Waals surface area contributed by atoms with Gasteiger partial charge in [-0.15, -0.1) is 11.3 Å². The van der Waals surface area contributed by atoms with Crippen molar-refractivity contribution in [3.05, 3.63) is 64.8 Å². The predicted octanol–water partition coefficient (Wildman–Crippen LogP) is 3.75. The number of rotatable bonds is 4. The summed E-state index contributed by atoms with van der Waals surface area (Å²) in [6.45, 7) is 4.51. The molecular formula is C20H21N3O2S. The van der Waals surface area contributed by atoms with Crippen LogP contribution in [0.1, 0.15) is 21.7 Å². The number of hydrogen-bond donors (Lipinski definition) is 0. The molecule has 4 rings (SSSR count). The molecule has 0 atom stereocenters. The van der Waals surface area contributed by atoms with E-state index in [0.717, 1.165) is 50.3 Å². The van der Waals surface area contributed by atoms with E-state index >= 15 is 0 Å². The lowest BCUT2D eigenvalue weighted by atomic mass is 10.1. The van der Waals surface area contributed by atoms with Crippen LogP contribution in [0.3, 0.4) is 0 Å². The largest absolute Gasteiger partial charge is 0.444 e. The van der Waals surface area contributed by atoms with Crippen molar-refractivity contribution < 1.29 is 9.21 Å². The summed E-state index contributed by atoms with van der Waals surface area (Å²) in [5.41, 5.74) is 1.65. The summed E-state index contributed by atoms with van der Waals surface area (Å²) in [7, 11) is 0. The topological polar surface area (TPSA) is 49.6 Å². The van der Waals surface area contributed by atoms with E-state index in [2.05, 4.69) is 27.4 Å². The Morgan fingerprint density at radius 3 is 2.73 bits per heavy atom. The summed E-state index contributed by atoms with van der Waals surface area (Å²) in [5.74, 6) is 0.815. The van der Waals surface area contributed by atoms with Crippen LogP contribution >= 0.6 is 11.3 Å². The number of carbonyl (C=O) groups is 1. The quantitative estimate of drug-likeness (QED) is 0.705. The highest BCUT2D eigenvalue weighted by Gasteiger charge is 2.20. The van der Waals surface area contributed by atoms with Gasteiger partial charge in [-0.1, -0.05) is 18.2 Å². The Balaban J connectivity index is 1.38. The van der Waals surface area contributed by atoms with Crippen LogP contribution < -0.4 is 0 Å². The molecule has 26 heavy (non-hydrogen) atoms. The monoisotopic (exact) mass is 367 g/mol. The van der Waals surface area contributed by atoms with Crippen LogP contribution in [0.5, 0.6) is 0 Å². The summed E-state index contributed by atoms with van der Waals surface area (Å²) in [6, 6.07) is 11.8. The summed E-state index contributed by atoms with van der Waals surface area (Å²) >= 11 is 1.79. The van der Waals surface area contributed by atoms with Crippen molar-refractivity contribution in [1.29, 1.82) is 0 Å². The molecule has 1 aliphatic heterocycles. The molecule has 0 N–H and O–H groups in total. The Morgan fingerprint density at radius 1 is 1.12 bits per heavy atom. The molecule has 1 fully saturated rings. The molecule has 1 saturated heterocycles. The molecule has 3 aromatic rings. The van der Waals surface area contributed by atoms with Gasteiger partial charge in [0.15, 0.2) is 12.2 Å². The standard InChI is InChI=1S/C20H21N3O2S/c24-20(17-6-4-16(5-7-17)19-13-21-15-25-19)23-9-2-8-22(10-11-23)14-18-3-1-12-26-18/h1,3-7,12-13,15H,2,8-11,14H2. The number of oxazole rings is 1. The molecule has 2 aromatic heterocycles. The predicted molar refractivity (Wildman–Crippen MR) is 102 cm³/mol. The summed E-state index contributed by atoms with van der Waals surface area (Å²) in [5, 5.41) is 2.12. The van der Waals surface area contributed by atoms with Crippen molar-refractivity contribution in [3.8, 4) is 11.3 Å². The van der Waals surface area contributed by atoms with Crippen LogP contribution in [-0.2, 0) is 6.54 Å². The fourth-order valence-corrected chi connectivity index (χ4v) is 4.02. The van der Waals surface area contributed by atoms with Crippen LogP contribution in [0.2, 0.25) is 0 Å². The first-order chi connectivity index (χ1) is 12.8. The molecule has 0 saturated carbocycles. The molecule has 3 heterocycles. The maximum absolute atomic E-state index is 12.8. The van der Waals surface area contributed by atoms with Gasteiger partial charge in [0, 0.05) is 48.7 Å². The Morgan fingerprint density at radius 2 is 2.00 bits per heavy atom. The zero-order valence-electron chi connectivity index (χ0n) is 14.5. The fraction of sp³-hybridized carbons (Fsp3) is 0.300. The first kappa shape index (κ1) is 17.0. The van der Waals surface area contributed by atoms with Crippen LogP contribution in [0, 0.1) is 0 Å². The number of carbonyl (C=O) groups excluding carboxylic acids is 1. The third kappa shape index (κ3) is 3.86. The lowest BCUT2D eigenvalue weighted by molar-refractivity contribution is 0.0761. The van der Waals surface area contributed by atoms with Gasteiger partial charge in [0.25, 0.3) is 5.91 Å². The van der Waals surface area contributed by atoms with Crippen molar-refractivity contribution >= 4 is 17.2 Å². The first-order valence-electron chi connectivity index (χ1n) is 8.82. The number of hydrogen-bond acceptors (Lipinski definition) is 5. The fourth-order valence-electron chi connectivity index (χ4n) is 3.27. The van der Waals surface area contributed by atoms with Crippen molar-refractivity contribution in [2.24, 2.45) is 0 Å². The number of aromatic nitrogens is 1. The van der Waals surface area contributed by atoms with Gasteiger partial charge in [0.1, 0.15) is 0 Å². The van der Waals surface area contributed by atoms with E-state index in [-0.39, 0.29) is 5.91 Å². The second kappa shape index (κ2) is 7.85. The molecule has 6 heteroatoms. The molecule has 0 aliphatic carbocycles. The highest BCUT2D eigenvalue weighted by molar-refractivity contribution is 7.09. The van der Waals surface area contributed by atoms with Crippen molar-refractivity contribution in [3.63, 3.8) is 0 Å². The second-order valence-electron chi connectivity index (χ2n) is 6.44. The lowest BCUT2D eigenvalue weighted by Gasteiger charge is -2.22. The number of benzene rings is 1. The van der Waals surface area contributed by atoms with Gasteiger partial charge in [-0.2, -0.15) is 0 Å². The average molecular weight is 367 g/mol. The van der Waals surface area contributed by atoms with Crippen molar-refractivity contribution in [2.75, 3.05) is 26.2 Å². The van der Waals surface area contributed by atoms with Crippen LogP contribution in [0.25, 0.3) is 11.3 Å². The third-order valence-corrected chi connectivity index (χ3v) is 5.55. The Kier molecular flexibility index (Phi) is 5.13. The van der Waals surface area contributed by atoms with Gasteiger partial charge in [-0.3, -0.25) is 9.69 Å². The Hall–Kier alpha value is -2.44. The van der Waals surface area contributed by atoms with E-state index in [1.807, 2.05) is 29.2 Å². The number of amides is 1. The van der Waals surface area contributed by atoms with Crippen molar-refractivity contribution in [1.82, 2.24) is 14.8 Å². The SMILES string of the molecule is O=C(c1ccc(-c2cnco2)cc1)N1CCCN(Cc2cccs2)CC1. The molecule has 0 radical (unpaired) electrons. The molecule has 134 valence electrons. The molecular weight excluding hydrogens is 346 g/mol. The minimum atomic E-state index is 0.104. The number of nitrogens with zero attached hydrogens (tertiary/aromatic N) is 3. The van der Waals surface area contributed by atoms with Crippen LogP contribution in [-0.4, -0.2) is 46.9 Å². The maximum atomic E-state index is 12.8. The number of thiophene rings is 1. The molecule has 0 spiro atoms. The summed E-state index contributed by atoms with van der Waals surface area (Å²) < 4.78 is 5.30. The zero-order valence-corrected chi connectivity index (χ0v) is 15.3. The van der Waals surface area contributed by atoms with E-state index in [9.17, 15) is 4.79 Å². The minimum absolute atomic E-state index is 0.104. The highest BCUT2D eigenvalue weighted by atomic mass is 32.1. The van der Waals surface area contributed by atoms with Gasteiger partial charge in [-0.25, -0.2) is 4.98 Å². The molecule has 1 aromatic carbocycles. The molecule has 0 unspecified atom stereocenters. The first-order valence-corrected chi connectivity index (χ1v) is 9.70. The zero-order chi connectivity index (χ0) is 17.8. The Bertz CT molecular complexity index is 829. The van der Waals surface area contributed by atoms with Crippen LogP contribution in [0.4, 0.5) is 0 Å². The van der Waals surface area contributed by atoms with E-state index < -0.39 is 0 Å². The third-order valence-electron chi connectivity index (χ3n) is 4.68. The van der Waals surface area contributed by atoms with E-state index in [4.69, 9.17) is 4.42 Å². The smallest absolute Gasteiger partial charge is 0.253 e. The minimum Gasteiger partial charge on any atom is -0.444 e. The highest BCUT2D eigenvalue weighted by Crippen LogP contribution is 2.20. The summed E-state index contributed by atoms with van der Waals surface area (Å²) in [6.07, 6.45) is 4.09. The van der Waals surface area contributed by atoms with E-state index in [0.29, 0.717) is 5.76 Å². The molecule has 0 bridgehead atoms. The molecule has 1 amide bonds. The van der Waals surface area contributed by atoms with E-state index in [1.165, 1.54) is 11.3 Å². The molecule has 1 aliphatic rings. The van der Waals surface area contributed by atoms with Crippen LogP contribution in [0.15, 0.2) is 58.8 Å². The van der Waals surface area contributed by atoms with Gasteiger partial charge >= 0.3 is 0 Å². The average Bonchev–Trinajstić information content (AvgIpc) is 3.33. The van der Waals surface area contributed by atoms with Gasteiger partial charge in [-0.05, 0) is 30.0 Å². The lowest BCUT2D eigenvalue weighted by Crippen LogP contribution is -2.35. The van der Waals surface area contributed by atoms with Gasteiger partial charge in [0.05, 0.1) is 6.20 Å². The normalized spacial score (nSPS) is 15.8. The molecule has 5 nitrogen and oxygen atoms in total. The van der Waals surface area contributed by atoms with E-state index in [1.54, 1.807) is 17.5 Å². The van der Waals surface area contributed by atoms with Gasteiger partial charge < -0.3 is 9.32 Å². The maximum Gasteiger partial charge on any atom is 0.253 e. The van der Waals surface area contributed by atoms with Gasteiger partial charge in [0.2, 0.25) is 0 Å². The summed E-state index contributed by atoms with van der Waals surface area (Å²) in [4.78, 5) is 22.6.